The van der Waals surface area contributed by atoms with Crippen LogP contribution in [0, 0.1) is 5.92 Å². The number of nitrogens with zero attached hydrogens (tertiary/aromatic N) is 1. The van der Waals surface area contributed by atoms with E-state index in [0.717, 1.165) is 30.9 Å². The molecule has 21 heavy (non-hydrogen) atoms. The zero-order valence-corrected chi connectivity index (χ0v) is 12.5. The Hall–Kier alpha value is -1.59. The van der Waals surface area contributed by atoms with Crippen LogP contribution in [-0.4, -0.2) is 43.7 Å². The highest BCUT2D eigenvalue weighted by Crippen LogP contribution is 2.31. The molecule has 2 heterocycles. The molecule has 2 aliphatic rings. The van der Waals surface area contributed by atoms with Crippen molar-refractivity contribution in [2.24, 2.45) is 5.92 Å². The number of ether oxygens (including phenoxy) is 2. The molecule has 3 unspecified atom stereocenters. The largest absolute Gasteiger partial charge is 0.497 e. The first-order valence-corrected chi connectivity index (χ1v) is 7.47. The summed E-state index contributed by atoms with van der Waals surface area (Å²) in [4.78, 5) is 14.3. The summed E-state index contributed by atoms with van der Waals surface area (Å²) < 4.78 is 10.7. The van der Waals surface area contributed by atoms with E-state index in [1.165, 1.54) is 0 Å². The minimum Gasteiger partial charge on any atom is -0.497 e. The summed E-state index contributed by atoms with van der Waals surface area (Å²) in [6.07, 6.45) is 0.972. The molecule has 0 aliphatic carbocycles. The number of rotatable bonds is 4. The number of methoxy groups -OCH3 is 1. The van der Waals surface area contributed by atoms with Gasteiger partial charge in [-0.05, 0) is 31.0 Å². The predicted molar refractivity (Wildman–Crippen MR) is 79.0 cm³/mol. The van der Waals surface area contributed by atoms with Crippen molar-refractivity contribution in [1.29, 1.82) is 0 Å². The lowest BCUT2D eigenvalue weighted by atomic mass is 9.98. The first-order valence-electron chi connectivity index (χ1n) is 7.47. The van der Waals surface area contributed by atoms with Gasteiger partial charge in [-0.15, -0.1) is 0 Å². The molecular weight excluding hydrogens is 268 g/mol. The molecule has 5 nitrogen and oxygen atoms in total. The van der Waals surface area contributed by atoms with Gasteiger partial charge in [0.05, 0.1) is 20.3 Å². The second-order valence-electron chi connectivity index (χ2n) is 5.72. The van der Waals surface area contributed by atoms with Crippen molar-refractivity contribution in [3.05, 3.63) is 29.8 Å². The second-order valence-corrected chi connectivity index (χ2v) is 5.72. The summed E-state index contributed by atoms with van der Waals surface area (Å²) in [7, 11) is 1.65. The molecule has 0 aromatic heterocycles. The average Bonchev–Trinajstić information content (AvgIpc) is 3.16. The number of carbonyl (C=O) groups excluding carboxylic acids is 1. The fourth-order valence-electron chi connectivity index (χ4n) is 3.20. The number of nitrogens with one attached hydrogen (secondary N) is 1. The molecule has 114 valence electrons. The van der Waals surface area contributed by atoms with E-state index in [0.29, 0.717) is 12.5 Å². The Labute approximate surface area is 125 Å². The Bertz CT molecular complexity index is 497. The predicted octanol–water partition coefficient (Wildman–Crippen LogP) is 1.55. The van der Waals surface area contributed by atoms with E-state index in [2.05, 4.69) is 12.2 Å². The van der Waals surface area contributed by atoms with Crippen molar-refractivity contribution >= 4 is 5.91 Å². The van der Waals surface area contributed by atoms with Crippen molar-refractivity contribution in [3.8, 4) is 5.75 Å². The molecule has 1 N–H and O–H groups in total. The Morgan fingerprint density at radius 3 is 2.76 bits per heavy atom. The highest BCUT2D eigenvalue weighted by atomic mass is 16.5. The lowest BCUT2D eigenvalue weighted by Gasteiger charge is -2.33. The molecule has 2 saturated heterocycles. The highest BCUT2D eigenvalue weighted by Gasteiger charge is 2.38. The highest BCUT2D eigenvalue weighted by molar-refractivity contribution is 5.81. The molecule has 2 fully saturated rings. The van der Waals surface area contributed by atoms with Gasteiger partial charge in [0.25, 0.3) is 0 Å². The van der Waals surface area contributed by atoms with Gasteiger partial charge in [-0.2, -0.15) is 0 Å². The molecule has 0 spiro atoms. The molecule has 0 radical (unpaired) electrons. The second kappa shape index (κ2) is 6.03. The monoisotopic (exact) mass is 290 g/mol. The summed E-state index contributed by atoms with van der Waals surface area (Å²) in [6, 6.07) is 8.07. The summed E-state index contributed by atoms with van der Waals surface area (Å²) in [5.41, 5.74) is 1.09. The molecule has 3 atom stereocenters. The number of amides is 1. The van der Waals surface area contributed by atoms with Gasteiger partial charge in [-0.25, -0.2) is 0 Å². The topological polar surface area (TPSA) is 50.8 Å². The van der Waals surface area contributed by atoms with Crippen LogP contribution in [0.5, 0.6) is 5.75 Å². The van der Waals surface area contributed by atoms with E-state index < -0.39 is 0 Å². The molecule has 0 bridgehead atoms. The number of hydrogen-bond donors (Lipinski definition) is 1. The summed E-state index contributed by atoms with van der Waals surface area (Å²) in [6.45, 7) is 4.08. The maximum absolute atomic E-state index is 12.3. The minimum absolute atomic E-state index is 0.0565. The minimum atomic E-state index is -0.0565. The van der Waals surface area contributed by atoms with Gasteiger partial charge in [0.15, 0.2) is 0 Å². The molecule has 1 amide bonds. The Morgan fingerprint density at radius 1 is 1.38 bits per heavy atom. The number of benzene rings is 1. The van der Waals surface area contributed by atoms with Gasteiger partial charge in [-0.1, -0.05) is 12.1 Å². The van der Waals surface area contributed by atoms with Crippen LogP contribution in [0.25, 0.3) is 0 Å². The van der Waals surface area contributed by atoms with Crippen molar-refractivity contribution in [3.63, 3.8) is 0 Å². The quantitative estimate of drug-likeness (QED) is 0.914. The van der Waals surface area contributed by atoms with E-state index in [9.17, 15) is 4.79 Å². The van der Waals surface area contributed by atoms with Crippen molar-refractivity contribution in [1.82, 2.24) is 10.2 Å². The normalized spacial score (nSPS) is 27.1. The fourth-order valence-corrected chi connectivity index (χ4v) is 3.20. The van der Waals surface area contributed by atoms with Crippen LogP contribution < -0.4 is 10.1 Å². The van der Waals surface area contributed by atoms with Gasteiger partial charge in [-0.3, -0.25) is 10.1 Å². The molecule has 1 aromatic carbocycles. The smallest absolute Gasteiger partial charge is 0.238 e. The van der Waals surface area contributed by atoms with Crippen LogP contribution in [0.2, 0.25) is 0 Å². The third-order valence-electron chi connectivity index (χ3n) is 4.53. The molecular formula is C16H22N2O3. The maximum Gasteiger partial charge on any atom is 0.238 e. The third kappa shape index (κ3) is 2.76. The molecule has 5 heteroatoms. The zero-order valence-electron chi connectivity index (χ0n) is 12.5. The molecule has 0 saturated carbocycles. The van der Waals surface area contributed by atoms with E-state index in [1.54, 1.807) is 7.11 Å². The maximum atomic E-state index is 12.3. The fraction of sp³-hybridized carbons (Fsp3) is 0.562. The number of carbonyl (C=O) groups is 1. The van der Waals surface area contributed by atoms with Gasteiger partial charge >= 0.3 is 0 Å². The zero-order chi connectivity index (χ0) is 14.8. The van der Waals surface area contributed by atoms with Gasteiger partial charge in [0.1, 0.15) is 11.9 Å². The van der Waals surface area contributed by atoms with Crippen LogP contribution in [0.3, 0.4) is 0 Å². The van der Waals surface area contributed by atoms with Gasteiger partial charge in [0, 0.05) is 18.6 Å². The van der Waals surface area contributed by atoms with Gasteiger partial charge < -0.3 is 14.4 Å². The average molecular weight is 290 g/mol. The summed E-state index contributed by atoms with van der Waals surface area (Å²) >= 11 is 0. The van der Waals surface area contributed by atoms with Gasteiger partial charge in [0.2, 0.25) is 5.91 Å². The van der Waals surface area contributed by atoms with E-state index in [1.807, 2.05) is 29.2 Å². The first-order chi connectivity index (χ1) is 10.2. The lowest BCUT2D eigenvalue weighted by Crippen LogP contribution is -2.42. The van der Waals surface area contributed by atoms with Crippen LogP contribution in [0.4, 0.5) is 0 Å². The summed E-state index contributed by atoms with van der Waals surface area (Å²) in [5.74, 6) is 1.41. The third-order valence-corrected chi connectivity index (χ3v) is 4.53. The van der Waals surface area contributed by atoms with E-state index in [4.69, 9.17) is 9.47 Å². The standard InChI is InChI=1S/C16H22N2O3/c1-11(13-7-8-21-10-13)18-15(19)9-17-16(18)12-3-5-14(20-2)6-4-12/h3-6,11,13,16-17H,7-10H2,1-2H3. The van der Waals surface area contributed by atoms with Crippen molar-refractivity contribution < 1.29 is 14.3 Å². The Kier molecular flexibility index (Phi) is 4.12. The van der Waals surface area contributed by atoms with E-state index >= 15 is 0 Å². The van der Waals surface area contributed by atoms with Crippen LogP contribution >= 0.6 is 0 Å². The Balaban J connectivity index is 1.80. The molecule has 1 aromatic rings. The van der Waals surface area contributed by atoms with Crippen LogP contribution in [0.15, 0.2) is 24.3 Å². The first kappa shape index (κ1) is 14.4. The Morgan fingerprint density at radius 2 is 2.14 bits per heavy atom. The van der Waals surface area contributed by atoms with E-state index in [-0.39, 0.29) is 18.1 Å². The number of hydrogen-bond acceptors (Lipinski definition) is 4. The SMILES string of the molecule is COc1ccc(C2NCC(=O)N2C(C)C2CCOC2)cc1. The lowest BCUT2D eigenvalue weighted by molar-refractivity contribution is -0.131. The van der Waals surface area contributed by atoms with Crippen LogP contribution in [-0.2, 0) is 9.53 Å². The van der Waals surface area contributed by atoms with Crippen molar-refractivity contribution in [2.75, 3.05) is 26.9 Å². The van der Waals surface area contributed by atoms with Crippen LogP contribution in [0.1, 0.15) is 25.1 Å². The summed E-state index contributed by atoms with van der Waals surface area (Å²) in [5, 5.41) is 3.31. The molecule has 3 rings (SSSR count). The van der Waals surface area contributed by atoms with Crippen molar-refractivity contribution in [2.45, 2.75) is 25.6 Å². The molecule has 2 aliphatic heterocycles.